The molecule has 0 N–H and O–H groups in total. The highest BCUT2D eigenvalue weighted by Gasteiger charge is 2.37. The first kappa shape index (κ1) is 25.3. The summed E-state index contributed by atoms with van der Waals surface area (Å²) in [5, 5.41) is 5.53. The van der Waals surface area contributed by atoms with Crippen LogP contribution >= 0.6 is 11.8 Å². The fraction of sp³-hybridized carbons (Fsp3) is 0.857. The van der Waals surface area contributed by atoms with E-state index in [1.165, 1.54) is 37.4 Å². The van der Waals surface area contributed by atoms with Gasteiger partial charge in [0.1, 0.15) is 0 Å². The van der Waals surface area contributed by atoms with E-state index in [0.717, 1.165) is 44.3 Å². The predicted octanol–water partition coefficient (Wildman–Crippen LogP) is 6.45. The third kappa shape index (κ3) is 11.3. The number of ether oxygens (including phenoxy) is 1. The lowest BCUT2D eigenvalue weighted by Gasteiger charge is -2.23. The maximum atomic E-state index is 13.3. The van der Waals surface area contributed by atoms with Gasteiger partial charge in [-0.25, -0.2) is 0 Å². The molecule has 0 spiro atoms. The molecule has 0 aromatic rings. The fourth-order valence-electron chi connectivity index (χ4n) is 3.26. The van der Waals surface area contributed by atoms with Gasteiger partial charge in [-0.15, -0.1) is 0 Å². The Morgan fingerprint density at radius 1 is 1.14 bits per heavy atom. The third-order valence-electron chi connectivity index (χ3n) is 4.83. The van der Waals surface area contributed by atoms with E-state index < -0.39 is 11.9 Å². The average molecular weight is 423 g/mol. The van der Waals surface area contributed by atoms with Crippen LogP contribution in [0.4, 0.5) is 13.2 Å². The fourth-order valence-corrected chi connectivity index (χ4v) is 4.23. The van der Waals surface area contributed by atoms with Gasteiger partial charge in [0.05, 0.1) is 12.6 Å². The Balaban J connectivity index is 2.21. The largest absolute Gasteiger partial charge is 0.432 e. The molecule has 0 aromatic heterocycles. The number of halogens is 3. The van der Waals surface area contributed by atoms with E-state index >= 15 is 0 Å². The van der Waals surface area contributed by atoms with E-state index in [4.69, 9.17) is 4.74 Å². The summed E-state index contributed by atoms with van der Waals surface area (Å²) in [5.41, 5.74) is -0.666. The lowest BCUT2D eigenvalue weighted by atomic mass is 10.1. The summed E-state index contributed by atoms with van der Waals surface area (Å²) in [6.45, 7) is 3.14. The van der Waals surface area contributed by atoms with Crippen LogP contribution in [0.15, 0.2) is 17.3 Å². The molecular formula is C21H37F3N2OS. The minimum absolute atomic E-state index is 0.0372. The normalized spacial score (nSPS) is 18.5. The van der Waals surface area contributed by atoms with Crippen molar-refractivity contribution in [3.63, 3.8) is 0 Å². The molecule has 1 heterocycles. The number of hydrogen-bond acceptors (Lipinski definition) is 4. The van der Waals surface area contributed by atoms with E-state index in [1.54, 1.807) is 12.1 Å². The summed E-state index contributed by atoms with van der Waals surface area (Å²) in [5.74, 6) is 0.694. The van der Waals surface area contributed by atoms with Gasteiger partial charge < -0.3 is 4.74 Å². The molecule has 0 unspecified atom stereocenters. The number of hydrazone groups is 1. The molecule has 164 valence electrons. The van der Waals surface area contributed by atoms with Crippen molar-refractivity contribution in [1.29, 1.82) is 0 Å². The number of rotatable bonds is 15. The van der Waals surface area contributed by atoms with E-state index in [9.17, 15) is 13.2 Å². The van der Waals surface area contributed by atoms with Crippen LogP contribution in [0.3, 0.4) is 0 Å². The molecule has 1 saturated heterocycles. The number of alkyl halides is 3. The van der Waals surface area contributed by atoms with Crippen molar-refractivity contribution in [3.8, 4) is 0 Å². The van der Waals surface area contributed by atoms with Gasteiger partial charge in [-0.1, -0.05) is 44.8 Å². The Kier molecular flexibility index (Phi) is 13.8. The van der Waals surface area contributed by atoms with E-state index in [2.05, 4.69) is 24.2 Å². The Morgan fingerprint density at radius 3 is 2.54 bits per heavy atom. The van der Waals surface area contributed by atoms with Crippen LogP contribution in [-0.2, 0) is 4.74 Å². The first-order valence-electron chi connectivity index (χ1n) is 10.6. The maximum absolute atomic E-state index is 13.3. The van der Waals surface area contributed by atoms with Crippen LogP contribution in [0.25, 0.3) is 0 Å². The number of nitrogens with zero attached hydrogens (tertiary/aromatic N) is 2. The molecular weight excluding hydrogens is 385 g/mol. The van der Waals surface area contributed by atoms with E-state index in [-0.39, 0.29) is 11.8 Å². The van der Waals surface area contributed by atoms with Crippen molar-refractivity contribution < 1.29 is 17.9 Å². The van der Waals surface area contributed by atoms with Crippen LogP contribution in [0.2, 0.25) is 0 Å². The minimum atomic E-state index is -4.36. The van der Waals surface area contributed by atoms with Crippen molar-refractivity contribution >= 4 is 17.5 Å². The Hall–Kier alpha value is -0.690. The summed E-state index contributed by atoms with van der Waals surface area (Å²) in [6.07, 6.45) is 11.0. The molecule has 0 radical (unpaired) electrons. The molecule has 28 heavy (non-hydrogen) atoms. The Morgan fingerprint density at radius 2 is 1.86 bits per heavy atom. The van der Waals surface area contributed by atoms with Crippen LogP contribution in [-0.4, -0.2) is 54.7 Å². The molecule has 1 rings (SSSR count). The third-order valence-corrected chi connectivity index (χ3v) is 5.89. The number of unbranched alkanes of at least 4 members (excludes halogenated alkanes) is 6. The van der Waals surface area contributed by atoms with Gasteiger partial charge >= 0.3 is 6.18 Å². The smallest absolute Gasteiger partial charge is 0.382 e. The standard InChI is InChI=1S/C21H37F3N2OS/c1-3-4-5-6-7-8-9-10-11-12-16-28-18-20(21(22,23)24)25-26-15-13-14-19(26)17-27-2/h4-5,19H,3,6-18H2,1-2H3/b5-4-,25-20-/t19-/m1/s1. The summed E-state index contributed by atoms with van der Waals surface area (Å²) >= 11 is 1.35. The summed E-state index contributed by atoms with van der Waals surface area (Å²) in [6, 6.07) is -0.0372. The maximum Gasteiger partial charge on any atom is 0.432 e. The van der Waals surface area contributed by atoms with Gasteiger partial charge in [0.25, 0.3) is 0 Å². The Labute approximate surface area is 173 Å². The molecule has 0 aromatic carbocycles. The number of thioether (sulfide) groups is 1. The summed E-state index contributed by atoms with van der Waals surface area (Å²) in [4.78, 5) is 0. The topological polar surface area (TPSA) is 24.8 Å². The SMILES string of the molecule is CC/C=C\CCCCCCCCSC/C(=N/N1CCC[C@@H]1COC)C(F)(F)F. The average Bonchev–Trinajstić information content (AvgIpc) is 3.08. The highest BCUT2D eigenvalue weighted by Crippen LogP contribution is 2.25. The van der Waals surface area contributed by atoms with Crippen molar-refractivity contribution in [2.45, 2.75) is 83.4 Å². The van der Waals surface area contributed by atoms with Gasteiger partial charge in [0.2, 0.25) is 0 Å². The van der Waals surface area contributed by atoms with Crippen LogP contribution < -0.4 is 0 Å². The van der Waals surface area contributed by atoms with Crippen molar-refractivity contribution in [3.05, 3.63) is 12.2 Å². The van der Waals surface area contributed by atoms with Gasteiger partial charge in [-0.2, -0.15) is 30.0 Å². The van der Waals surface area contributed by atoms with Crippen molar-refractivity contribution in [2.24, 2.45) is 5.10 Å². The van der Waals surface area contributed by atoms with Crippen molar-refractivity contribution in [1.82, 2.24) is 5.01 Å². The summed E-state index contributed by atoms with van der Waals surface area (Å²) in [7, 11) is 1.57. The number of allylic oxidation sites excluding steroid dienone is 2. The molecule has 3 nitrogen and oxygen atoms in total. The zero-order valence-corrected chi connectivity index (χ0v) is 18.3. The second kappa shape index (κ2) is 15.2. The first-order valence-corrected chi connectivity index (χ1v) is 11.8. The summed E-state index contributed by atoms with van der Waals surface area (Å²) < 4.78 is 45.0. The Bertz CT molecular complexity index is 455. The zero-order chi connectivity index (χ0) is 20.7. The van der Waals surface area contributed by atoms with Gasteiger partial charge in [0, 0.05) is 19.4 Å². The molecule has 0 saturated carbocycles. The number of methoxy groups -OCH3 is 1. The predicted molar refractivity (Wildman–Crippen MR) is 114 cm³/mol. The lowest BCUT2D eigenvalue weighted by molar-refractivity contribution is -0.0607. The van der Waals surface area contributed by atoms with E-state index in [0.29, 0.717) is 13.2 Å². The van der Waals surface area contributed by atoms with E-state index in [1.807, 2.05) is 0 Å². The second-order valence-electron chi connectivity index (χ2n) is 7.30. The molecule has 1 aliphatic heterocycles. The van der Waals surface area contributed by atoms with Gasteiger partial charge in [-0.3, -0.25) is 5.01 Å². The van der Waals surface area contributed by atoms with Crippen molar-refractivity contribution in [2.75, 3.05) is 31.8 Å². The molecule has 1 fully saturated rings. The highest BCUT2D eigenvalue weighted by molar-refractivity contribution is 7.99. The highest BCUT2D eigenvalue weighted by atomic mass is 32.2. The van der Waals surface area contributed by atoms with Crippen LogP contribution in [0.5, 0.6) is 0 Å². The first-order chi connectivity index (χ1) is 13.5. The zero-order valence-electron chi connectivity index (χ0n) is 17.5. The molecule has 0 aliphatic carbocycles. The van der Waals surface area contributed by atoms with Gasteiger partial charge in [-0.05, 0) is 44.3 Å². The van der Waals surface area contributed by atoms with Crippen LogP contribution in [0, 0.1) is 0 Å². The molecule has 7 heteroatoms. The van der Waals surface area contributed by atoms with Crippen LogP contribution in [0.1, 0.15) is 71.1 Å². The monoisotopic (exact) mass is 422 g/mol. The molecule has 1 atom stereocenters. The number of hydrogen-bond donors (Lipinski definition) is 0. The lowest BCUT2D eigenvalue weighted by Crippen LogP contribution is -2.34. The van der Waals surface area contributed by atoms with Gasteiger partial charge in [0.15, 0.2) is 5.71 Å². The quantitative estimate of drug-likeness (QED) is 0.172. The molecule has 0 bridgehead atoms. The molecule has 0 amide bonds. The molecule has 1 aliphatic rings. The minimum Gasteiger partial charge on any atom is -0.382 e. The second-order valence-corrected chi connectivity index (χ2v) is 8.41.